The lowest BCUT2D eigenvalue weighted by molar-refractivity contribution is -0.121. The summed E-state index contributed by atoms with van der Waals surface area (Å²) >= 11 is 0. The molecule has 0 aromatic heterocycles. The fourth-order valence-corrected chi connectivity index (χ4v) is 4.86. The number of rotatable bonds is 3. The lowest BCUT2D eigenvalue weighted by atomic mass is 9.70. The summed E-state index contributed by atoms with van der Waals surface area (Å²) in [6.07, 6.45) is 8.77. The molecule has 3 aliphatic rings. The Morgan fingerprint density at radius 3 is 2.80 bits per heavy atom. The minimum Gasteiger partial charge on any atom is -0.303 e. The second-order valence-corrected chi connectivity index (χ2v) is 7.75. The summed E-state index contributed by atoms with van der Waals surface area (Å²) in [6, 6.07) is 1.37. The Morgan fingerprint density at radius 1 is 1.20 bits per heavy atom. The number of piperazine rings is 1. The molecule has 4 unspecified atom stereocenters. The molecule has 3 nitrogen and oxygen atoms in total. The van der Waals surface area contributed by atoms with Crippen molar-refractivity contribution < 1.29 is 4.79 Å². The van der Waals surface area contributed by atoms with Gasteiger partial charge in [0.05, 0.1) is 0 Å². The van der Waals surface area contributed by atoms with E-state index >= 15 is 0 Å². The molecule has 0 bridgehead atoms. The first-order valence-corrected chi connectivity index (χ1v) is 8.56. The molecule has 1 aliphatic carbocycles. The maximum Gasteiger partial charge on any atom is 0.127 e. The van der Waals surface area contributed by atoms with E-state index in [1.807, 2.05) is 0 Å². The Hall–Kier alpha value is -0.410. The van der Waals surface area contributed by atoms with E-state index in [4.69, 9.17) is 0 Å². The van der Waals surface area contributed by atoms with Crippen molar-refractivity contribution in [1.29, 1.82) is 0 Å². The van der Waals surface area contributed by atoms with Crippen molar-refractivity contribution >= 4 is 6.29 Å². The van der Waals surface area contributed by atoms with Gasteiger partial charge in [0, 0.05) is 37.1 Å². The Balaban J connectivity index is 1.67. The van der Waals surface area contributed by atoms with Crippen LogP contribution in [0.3, 0.4) is 0 Å². The van der Waals surface area contributed by atoms with Gasteiger partial charge in [0.15, 0.2) is 0 Å². The molecule has 0 aromatic rings. The van der Waals surface area contributed by atoms with E-state index in [0.717, 1.165) is 31.3 Å². The second-order valence-electron chi connectivity index (χ2n) is 7.75. The normalized spacial score (nSPS) is 43.4. The summed E-state index contributed by atoms with van der Waals surface area (Å²) in [4.78, 5) is 17.1. The highest BCUT2D eigenvalue weighted by Crippen LogP contribution is 2.39. The van der Waals surface area contributed by atoms with Crippen LogP contribution in [0.5, 0.6) is 0 Å². The molecule has 0 aromatic carbocycles. The molecular weight excluding hydrogens is 248 g/mol. The summed E-state index contributed by atoms with van der Waals surface area (Å²) < 4.78 is 0. The first-order valence-electron chi connectivity index (χ1n) is 8.56. The molecule has 2 saturated heterocycles. The fraction of sp³-hybridized carbons (Fsp3) is 0.941. The maximum atomic E-state index is 11.8. The summed E-state index contributed by atoms with van der Waals surface area (Å²) in [6.45, 7) is 9.35. The lowest BCUT2D eigenvalue weighted by Crippen LogP contribution is -2.57. The van der Waals surface area contributed by atoms with Gasteiger partial charge in [-0.15, -0.1) is 0 Å². The first kappa shape index (κ1) is 14.5. The number of carbonyl (C=O) groups is 1. The van der Waals surface area contributed by atoms with E-state index < -0.39 is 0 Å². The van der Waals surface area contributed by atoms with Gasteiger partial charge in [-0.05, 0) is 45.1 Å². The Labute approximate surface area is 123 Å². The van der Waals surface area contributed by atoms with Gasteiger partial charge in [0.25, 0.3) is 0 Å². The zero-order chi connectivity index (χ0) is 14.2. The molecule has 3 heteroatoms. The van der Waals surface area contributed by atoms with Gasteiger partial charge >= 0.3 is 0 Å². The smallest absolute Gasteiger partial charge is 0.127 e. The van der Waals surface area contributed by atoms with Gasteiger partial charge in [0.1, 0.15) is 6.29 Å². The molecule has 20 heavy (non-hydrogen) atoms. The molecule has 114 valence electrons. The van der Waals surface area contributed by atoms with Gasteiger partial charge in [-0.2, -0.15) is 0 Å². The highest BCUT2D eigenvalue weighted by atomic mass is 16.1. The highest BCUT2D eigenvalue weighted by molar-refractivity contribution is 5.60. The van der Waals surface area contributed by atoms with E-state index in [-0.39, 0.29) is 5.41 Å². The van der Waals surface area contributed by atoms with Gasteiger partial charge in [-0.25, -0.2) is 0 Å². The third-order valence-electron chi connectivity index (χ3n) is 5.96. The van der Waals surface area contributed by atoms with E-state index in [1.165, 1.54) is 51.6 Å². The van der Waals surface area contributed by atoms with Crippen molar-refractivity contribution in [3.05, 3.63) is 0 Å². The number of carbonyl (C=O) groups excluding carboxylic acids is 1. The van der Waals surface area contributed by atoms with Crippen molar-refractivity contribution in [3.63, 3.8) is 0 Å². The average Bonchev–Trinajstić information content (AvgIpc) is 2.86. The molecule has 3 fully saturated rings. The summed E-state index contributed by atoms with van der Waals surface area (Å²) in [5.41, 5.74) is -0.0489. The largest absolute Gasteiger partial charge is 0.303 e. The standard InChI is InChI=1S/C17H30N2O/c1-14-5-3-7-17(9-14,13-20)12-19-11-16-6-4-8-18(16)10-15(19)2/h13-16H,3-12H2,1-2H3. The van der Waals surface area contributed by atoms with Crippen LogP contribution in [0.15, 0.2) is 0 Å². The van der Waals surface area contributed by atoms with Crippen LogP contribution >= 0.6 is 0 Å². The number of hydrogen-bond acceptors (Lipinski definition) is 3. The number of fused-ring (bicyclic) bond motifs is 1. The minimum absolute atomic E-state index is 0.0489. The van der Waals surface area contributed by atoms with Gasteiger partial charge in [-0.3, -0.25) is 9.80 Å². The van der Waals surface area contributed by atoms with Crippen LogP contribution in [-0.4, -0.2) is 54.3 Å². The van der Waals surface area contributed by atoms with Crippen LogP contribution < -0.4 is 0 Å². The molecule has 0 N–H and O–H groups in total. The van der Waals surface area contributed by atoms with E-state index in [1.54, 1.807) is 0 Å². The molecule has 0 spiro atoms. The SMILES string of the molecule is CC1CCCC(C=O)(CN2CC3CCCN3CC2C)C1. The van der Waals surface area contributed by atoms with Crippen molar-refractivity contribution in [3.8, 4) is 0 Å². The van der Waals surface area contributed by atoms with Crippen molar-refractivity contribution in [2.75, 3.05) is 26.2 Å². The zero-order valence-corrected chi connectivity index (χ0v) is 13.2. The summed E-state index contributed by atoms with van der Waals surface area (Å²) in [7, 11) is 0. The molecule has 0 amide bonds. The molecule has 0 radical (unpaired) electrons. The Kier molecular flexibility index (Phi) is 4.19. The molecule has 2 heterocycles. The third-order valence-corrected chi connectivity index (χ3v) is 5.96. The molecule has 4 atom stereocenters. The topological polar surface area (TPSA) is 23.6 Å². The fourth-order valence-electron chi connectivity index (χ4n) is 4.86. The van der Waals surface area contributed by atoms with Crippen LogP contribution in [0.1, 0.15) is 52.4 Å². The number of nitrogens with zero attached hydrogens (tertiary/aromatic N) is 2. The quantitative estimate of drug-likeness (QED) is 0.741. The molecular formula is C17H30N2O. The van der Waals surface area contributed by atoms with Crippen LogP contribution in [0.2, 0.25) is 0 Å². The van der Waals surface area contributed by atoms with Crippen LogP contribution in [0.25, 0.3) is 0 Å². The number of aldehydes is 1. The average molecular weight is 278 g/mol. The van der Waals surface area contributed by atoms with E-state index in [0.29, 0.717) is 6.04 Å². The van der Waals surface area contributed by atoms with Gasteiger partial charge in [0.2, 0.25) is 0 Å². The van der Waals surface area contributed by atoms with Crippen LogP contribution in [0, 0.1) is 11.3 Å². The predicted octanol–water partition coefficient (Wildman–Crippen LogP) is 2.55. The van der Waals surface area contributed by atoms with Crippen molar-refractivity contribution in [1.82, 2.24) is 9.80 Å². The van der Waals surface area contributed by atoms with E-state index in [9.17, 15) is 4.79 Å². The Morgan fingerprint density at radius 2 is 2.05 bits per heavy atom. The molecule has 2 aliphatic heterocycles. The third kappa shape index (κ3) is 2.80. The summed E-state index contributed by atoms with van der Waals surface area (Å²) in [5.74, 6) is 0.719. The monoisotopic (exact) mass is 278 g/mol. The number of hydrogen-bond donors (Lipinski definition) is 0. The van der Waals surface area contributed by atoms with Crippen molar-refractivity contribution in [2.45, 2.75) is 64.5 Å². The Bertz CT molecular complexity index is 359. The van der Waals surface area contributed by atoms with Gasteiger partial charge in [-0.1, -0.05) is 19.8 Å². The van der Waals surface area contributed by atoms with Gasteiger partial charge < -0.3 is 4.79 Å². The van der Waals surface area contributed by atoms with E-state index in [2.05, 4.69) is 23.6 Å². The molecule has 1 saturated carbocycles. The second kappa shape index (κ2) is 5.76. The maximum absolute atomic E-state index is 11.8. The summed E-state index contributed by atoms with van der Waals surface area (Å²) in [5, 5.41) is 0. The highest BCUT2D eigenvalue weighted by Gasteiger charge is 2.41. The molecule has 3 rings (SSSR count). The predicted molar refractivity (Wildman–Crippen MR) is 81.8 cm³/mol. The van der Waals surface area contributed by atoms with Crippen LogP contribution in [0.4, 0.5) is 0 Å². The lowest BCUT2D eigenvalue weighted by Gasteiger charge is -2.47. The van der Waals surface area contributed by atoms with Crippen LogP contribution in [-0.2, 0) is 4.79 Å². The zero-order valence-electron chi connectivity index (χ0n) is 13.2. The first-order chi connectivity index (χ1) is 9.62. The minimum atomic E-state index is -0.0489. The van der Waals surface area contributed by atoms with Crippen molar-refractivity contribution in [2.24, 2.45) is 11.3 Å².